The third-order valence-electron chi connectivity index (χ3n) is 5.64. The van der Waals surface area contributed by atoms with Crippen molar-refractivity contribution in [3.63, 3.8) is 0 Å². The van der Waals surface area contributed by atoms with E-state index in [4.69, 9.17) is 15.7 Å². The van der Waals surface area contributed by atoms with Crippen molar-refractivity contribution in [3.05, 3.63) is 66.7 Å². The van der Waals surface area contributed by atoms with E-state index in [1.54, 1.807) is 10.9 Å². The fraction of sp³-hybridized carbons (Fsp3) is 0.240. The number of benzene rings is 1. The van der Waals surface area contributed by atoms with Crippen molar-refractivity contribution in [1.82, 2.24) is 34.5 Å². The van der Waals surface area contributed by atoms with Gasteiger partial charge in [-0.1, -0.05) is 12.1 Å². The molecule has 5 rings (SSSR count). The fourth-order valence-electron chi connectivity index (χ4n) is 3.84. The van der Waals surface area contributed by atoms with Crippen molar-refractivity contribution in [1.29, 1.82) is 0 Å². The van der Waals surface area contributed by atoms with Crippen molar-refractivity contribution in [3.8, 4) is 22.6 Å². The molecule has 172 valence electrons. The number of nitrogens with two attached hydrogens (primary N) is 1. The number of anilines is 2. The Kier molecular flexibility index (Phi) is 5.67. The standard InChI is InChI=1S/C25H27N9/c1-16(2)34-14-10-22(32-34)28-12-8-21-25(26)30-24(20-9-13-33(3)31-20)23(29-21)18-6-7-19-17(15-18)5-4-11-27-19/h4-7,9-11,13-16H,8,12H2,1-3H3,(H2,26,30)(H,28,32). The third kappa shape index (κ3) is 4.32. The van der Waals surface area contributed by atoms with Crippen LogP contribution in [-0.2, 0) is 13.5 Å². The number of nitrogens with one attached hydrogen (secondary N) is 1. The Balaban J connectivity index is 1.49. The first-order chi connectivity index (χ1) is 16.5. The van der Waals surface area contributed by atoms with E-state index in [0.717, 1.165) is 39.4 Å². The van der Waals surface area contributed by atoms with E-state index in [1.165, 1.54) is 0 Å². The van der Waals surface area contributed by atoms with Crippen LogP contribution >= 0.6 is 0 Å². The number of nitrogen functional groups attached to an aromatic ring is 1. The number of nitrogens with zero attached hydrogens (tertiary/aromatic N) is 7. The predicted molar refractivity (Wildman–Crippen MR) is 134 cm³/mol. The van der Waals surface area contributed by atoms with Crippen molar-refractivity contribution in [2.24, 2.45) is 7.05 Å². The molecule has 0 amide bonds. The summed E-state index contributed by atoms with van der Waals surface area (Å²) < 4.78 is 3.67. The molecule has 0 atom stereocenters. The van der Waals surface area contributed by atoms with Crippen LogP contribution in [0, 0.1) is 0 Å². The normalized spacial score (nSPS) is 11.4. The van der Waals surface area contributed by atoms with Gasteiger partial charge < -0.3 is 11.1 Å². The van der Waals surface area contributed by atoms with E-state index in [0.29, 0.717) is 30.5 Å². The van der Waals surface area contributed by atoms with Gasteiger partial charge in [-0.2, -0.15) is 10.2 Å². The van der Waals surface area contributed by atoms with Crippen LogP contribution in [0.4, 0.5) is 11.6 Å². The average molecular weight is 454 g/mol. The Morgan fingerprint density at radius 1 is 1.00 bits per heavy atom. The van der Waals surface area contributed by atoms with Gasteiger partial charge in [0.2, 0.25) is 0 Å². The van der Waals surface area contributed by atoms with Crippen LogP contribution in [0.3, 0.4) is 0 Å². The lowest BCUT2D eigenvalue weighted by molar-refractivity contribution is 0.534. The van der Waals surface area contributed by atoms with Gasteiger partial charge in [0, 0.05) is 61.7 Å². The van der Waals surface area contributed by atoms with Crippen LogP contribution in [0.1, 0.15) is 25.6 Å². The molecule has 0 bridgehead atoms. The van der Waals surface area contributed by atoms with Gasteiger partial charge in [0.15, 0.2) is 0 Å². The van der Waals surface area contributed by atoms with Gasteiger partial charge in [-0.25, -0.2) is 9.97 Å². The Morgan fingerprint density at radius 2 is 1.88 bits per heavy atom. The second-order valence-corrected chi connectivity index (χ2v) is 8.49. The fourth-order valence-corrected chi connectivity index (χ4v) is 3.84. The molecule has 0 aliphatic heterocycles. The van der Waals surface area contributed by atoms with Crippen LogP contribution < -0.4 is 11.1 Å². The highest BCUT2D eigenvalue weighted by Crippen LogP contribution is 2.31. The Bertz CT molecular complexity index is 1450. The van der Waals surface area contributed by atoms with Gasteiger partial charge in [0.25, 0.3) is 0 Å². The molecule has 0 saturated carbocycles. The molecule has 0 unspecified atom stereocenters. The molecule has 34 heavy (non-hydrogen) atoms. The Morgan fingerprint density at radius 3 is 2.65 bits per heavy atom. The van der Waals surface area contributed by atoms with E-state index in [1.807, 2.05) is 60.5 Å². The minimum atomic E-state index is 0.316. The highest BCUT2D eigenvalue weighted by Gasteiger charge is 2.18. The second kappa shape index (κ2) is 8.93. The lowest BCUT2D eigenvalue weighted by atomic mass is 10.0. The van der Waals surface area contributed by atoms with Gasteiger partial charge in [-0.05, 0) is 38.1 Å². The highest BCUT2D eigenvalue weighted by atomic mass is 15.3. The molecule has 0 radical (unpaired) electrons. The van der Waals surface area contributed by atoms with Crippen LogP contribution in [0.25, 0.3) is 33.5 Å². The van der Waals surface area contributed by atoms with Crippen molar-refractivity contribution in [2.75, 3.05) is 17.6 Å². The van der Waals surface area contributed by atoms with Gasteiger partial charge in [0.05, 0.1) is 16.9 Å². The van der Waals surface area contributed by atoms with E-state index in [9.17, 15) is 0 Å². The van der Waals surface area contributed by atoms with Crippen LogP contribution in [-0.4, -0.2) is 41.1 Å². The molecule has 3 N–H and O–H groups in total. The number of hydrogen-bond donors (Lipinski definition) is 2. The smallest absolute Gasteiger partial charge is 0.148 e. The molecule has 0 spiro atoms. The summed E-state index contributed by atoms with van der Waals surface area (Å²) in [5.41, 5.74) is 11.1. The summed E-state index contributed by atoms with van der Waals surface area (Å²) in [5, 5.41) is 13.5. The maximum absolute atomic E-state index is 6.36. The summed E-state index contributed by atoms with van der Waals surface area (Å²) in [7, 11) is 1.88. The molecule has 1 aromatic carbocycles. The first-order valence-corrected chi connectivity index (χ1v) is 11.3. The van der Waals surface area contributed by atoms with E-state index in [-0.39, 0.29) is 0 Å². The quantitative estimate of drug-likeness (QED) is 0.381. The van der Waals surface area contributed by atoms with E-state index in [2.05, 4.69) is 40.4 Å². The molecule has 5 aromatic rings. The lowest BCUT2D eigenvalue weighted by Crippen LogP contribution is -2.12. The van der Waals surface area contributed by atoms with Crippen molar-refractivity contribution >= 4 is 22.5 Å². The number of aryl methyl sites for hydroxylation is 1. The molecule has 9 nitrogen and oxygen atoms in total. The molecular formula is C25H27N9. The number of hydrogen-bond acceptors (Lipinski definition) is 7. The highest BCUT2D eigenvalue weighted by molar-refractivity contribution is 5.87. The molecule has 0 aliphatic carbocycles. The summed E-state index contributed by atoms with van der Waals surface area (Å²) in [6.45, 7) is 4.83. The molecule has 0 aliphatic rings. The lowest BCUT2D eigenvalue weighted by Gasteiger charge is -2.13. The SMILES string of the molecule is CC(C)n1ccc(NCCc2nc(-c3ccc4ncccc4c3)c(-c3ccn(C)n3)nc2N)n1. The number of fused-ring (bicyclic) bond motifs is 1. The summed E-state index contributed by atoms with van der Waals surface area (Å²) in [5.74, 6) is 1.23. The predicted octanol–water partition coefficient (Wildman–Crippen LogP) is 4.11. The first-order valence-electron chi connectivity index (χ1n) is 11.3. The largest absolute Gasteiger partial charge is 0.382 e. The monoisotopic (exact) mass is 453 g/mol. The molecule has 0 fully saturated rings. The zero-order valence-electron chi connectivity index (χ0n) is 19.5. The molecular weight excluding hydrogens is 426 g/mol. The average Bonchev–Trinajstić information content (AvgIpc) is 3.49. The molecule has 0 saturated heterocycles. The zero-order chi connectivity index (χ0) is 23.7. The molecule has 4 heterocycles. The number of pyridine rings is 1. The minimum absolute atomic E-state index is 0.316. The van der Waals surface area contributed by atoms with Crippen LogP contribution in [0.2, 0.25) is 0 Å². The maximum atomic E-state index is 6.36. The third-order valence-corrected chi connectivity index (χ3v) is 5.64. The number of aromatic nitrogens is 7. The minimum Gasteiger partial charge on any atom is -0.382 e. The van der Waals surface area contributed by atoms with Gasteiger partial charge >= 0.3 is 0 Å². The summed E-state index contributed by atoms with van der Waals surface area (Å²) in [6, 6.07) is 14.3. The molecule has 4 aromatic heterocycles. The van der Waals surface area contributed by atoms with Gasteiger partial charge in [-0.15, -0.1) is 0 Å². The Labute approximate surface area is 197 Å². The summed E-state index contributed by atoms with van der Waals surface area (Å²) in [6.07, 6.45) is 6.25. The van der Waals surface area contributed by atoms with Crippen LogP contribution in [0.5, 0.6) is 0 Å². The van der Waals surface area contributed by atoms with Crippen LogP contribution in [0.15, 0.2) is 61.1 Å². The van der Waals surface area contributed by atoms with Crippen molar-refractivity contribution < 1.29 is 0 Å². The summed E-state index contributed by atoms with van der Waals surface area (Å²) in [4.78, 5) is 14.1. The number of rotatable bonds is 7. The Hall–Kier alpha value is -4.27. The second-order valence-electron chi connectivity index (χ2n) is 8.49. The van der Waals surface area contributed by atoms with E-state index >= 15 is 0 Å². The van der Waals surface area contributed by atoms with Gasteiger partial charge in [-0.3, -0.25) is 14.3 Å². The first kappa shape index (κ1) is 21.6. The van der Waals surface area contributed by atoms with E-state index < -0.39 is 0 Å². The maximum Gasteiger partial charge on any atom is 0.148 e. The summed E-state index contributed by atoms with van der Waals surface area (Å²) >= 11 is 0. The topological polar surface area (TPSA) is 112 Å². The van der Waals surface area contributed by atoms with Crippen molar-refractivity contribution in [2.45, 2.75) is 26.3 Å². The molecule has 9 heteroatoms. The van der Waals surface area contributed by atoms with Gasteiger partial charge in [0.1, 0.15) is 23.0 Å². The zero-order valence-corrected chi connectivity index (χ0v) is 19.5.